The van der Waals surface area contributed by atoms with Crippen LogP contribution in [0, 0.1) is 5.82 Å². The molecule has 0 aliphatic heterocycles. The lowest BCUT2D eigenvalue weighted by Gasteiger charge is -1.98. The number of hydrogen-bond donors (Lipinski definition) is 1. The van der Waals surface area contributed by atoms with E-state index in [0.29, 0.717) is 0 Å². The summed E-state index contributed by atoms with van der Waals surface area (Å²) in [4.78, 5) is 10.3. The van der Waals surface area contributed by atoms with E-state index in [2.05, 4.69) is 0 Å². The summed E-state index contributed by atoms with van der Waals surface area (Å²) < 4.78 is 24.6. The number of aromatic carboxylic acids is 1. The molecule has 0 aromatic heterocycles. The first kappa shape index (κ1) is 8.64. The highest BCUT2D eigenvalue weighted by Crippen LogP contribution is 2.11. The van der Waals surface area contributed by atoms with Crippen molar-refractivity contribution in [3.8, 4) is 0 Å². The number of carbonyl (C=O) groups is 1. The van der Waals surface area contributed by atoms with E-state index in [9.17, 15) is 13.6 Å². The highest BCUT2D eigenvalue weighted by Gasteiger charge is 2.07. The van der Waals surface area contributed by atoms with Crippen molar-refractivity contribution in [3.05, 3.63) is 35.1 Å². The van der Waals surface area contributed by atoms with Crippen LogP contribution in [0.15, 0.2) is 18.2 Å². The fourth-order valence-corrected chi connectivity index (χ4v) is 0.810. The second-order valence-electron chi connectivity index (χ2n) is 2.24. The minimum Gasteiger partial charge on any atom is -0.478 e. The van der Waals surface area contributed by atoms with E-state index in [4.69, 9.17) is 5.11 Å². The molecule has 0 spiro atoms. The van der Waals surface area contributed by atoms with Gasteiger partial charge in [-0.05, 0) is 18.2 Å². The molecule has 0 radical (unpaired) electrons. The van der Waals surface area contributed by atoms with Gasteiger partial charge < -0.3 is 5.11 Å². The molecule has 0 amide bonds. The molecular weight excluding hydrogens is 166 g/mol. The van der Waals surface area contributed by atoms with Crippen LogP contribution in [0.4, 0.5) is 8.78 Å². The predicted molar refractivity (Wildman–Crippen MR) is 38.2 cm³/mol. The van der Waals surface area contributed by atoms with Gasteiger partial charge in [0.05, 0.1) is 5.56 Å². The Kier molecular flexibility index (Phi) is 2.38. The second-order valence-corrected chi connectivity index (χ2v) is 2.24. The Morgan fingerprint density at radius 1 is 1.50 bits per heavy atom. The van der Waals surface area contributed by atoms with Gasteiger partial charge in [0.1, 0.15) is 12.5 Å². The van der Waals surface area contributed by atoms with Crippen molar-refractivity contribution < 1.29 is 18.7 Å². The number of rotatable bonds is 2. The molecular formula is C8H6F2O2. The zero-order valence-corrected chi connectivity index (χ0v) is 6.05. The minimum atomic E-state index is -1.19. The van der Waals surface area contributed by atoms with Gasteiger partial charge in [-0.15, -0.1) is 0 Å². The molecule has 0 saturated carbocycles. The molecule has 12 heavy (non-hydrogen) atoms. The Hall–Kier alpha value is -1.45. The summed E-state index contributed by atoms with van der Waals surface area (Å²) in [5.41, 5.74) is -0.334. The van der Waals surface area contributed by atoms with Gasteiger partial charge in [0.15, 0.2) is 0 Å². The average molecular weight is 172 g/mol. The number of benzene rings is 1. The lowest BCUT2D eigenvalue weighted by molar-refractivity contribution is 0.0696. The van der Waals surface area contributed by atoms with Gasteiger partial charge in [-0.3, -0.25) is 0 Å². The van der Waals surface area contributed by atoms with Crippen molar-refractivity contribution >= 4 is 5.97 Å². The number of carboxylic acid groups (broad SMARTS) is 1. The monoisotopic (exact) mass is 172 g/mol. The zero-order chi connectivity index (χ0) is 9.14. The number of alkyl halides is 1. The van der Waals surface area contributed by atoms with Gasteiger partial charge in [-0.2, -0.15) is 0 Å². The second kappa shape index (κ2) is 3.30. The van der Waals surface area contributed by atoms with Crippen molar-refractivity contribution in [3.63, 3.8) is 0 Å². The van der Waals surface area contributed by atoms with Crippen molar-refractivity contribution in [2.75, 3.05) is 0 Å². The maximum Gasteiger partial charge on any atom is 0.335 e. The van der Waals surface area contributed by atoms with Gasteiger partial charge >= 0.3 is 5.97 Å². The minimum absolute atomic E-state index is 0.107. The molecule has 4 heteroatoms. The highest BCUT2D eigenvalue weighted by atomic mass is 19.1. The summed E-state index contributed by atoms with van der Waals surface area (Å²) in [6.45, 7) is -0.993. The van der Waals surface area contributed by atoms with Crippen LogP contribution >= 0.6 is 0 Å². The van der Waals surface area contributed by atoms with Gasteiger partial charge in [0.25, 0.3) is 0 Å². The molecule has 0 aliphatic rings. The molecule has 0 fully saturated rings. The molecule has 0 saturated heterocycles. The van der Waals surface area contributed by atoms with Crippen LogP contribution in [0.3, 0.4) is 0 Å². The Balaban J connectivity index is 3.13. The third-order valence-electron chi connectivity index (χ3n) is 1.44. The first-order chi connectivity index (χ1) is 5.65. The smallest absolute Gasteiger partial charge is 0.335 e. The van der Waals surface area contributed by atoms with E-state index < -0.39 is 18.5 Å². The molecule has 0 unspecified atom stereocenters. The van der Waals surface area contributed by atoms with Gasteiger partial charge in [0, 0.05) is 5.56 Å². The van der Waals surface area contributed by atoms with Crippen LogP contribution in [0.2, 0.25) is 0 Å². The summed E-state index contributed by atoms with van der Waals surface area (Å²) in [6, 6.07) is 3.02. The normalized spacial score (nSPS) is 9.83. The van der Waals surface area contributed by atoms with E-state index in [1.807, 2.05) is 0 Å². The van der Waals surface area contributed by atoms with Crippen LogP contribution in [-0.4, -0.2) is 11.1 Å². The number of carboxylic acids is 1. The molecule has 1 rings (SSSR count). The van der Waals surface area contributed by atoms with Crippen molar-refractivity contribution in [2.45, 2.75) is 6.67 Å². The molecule has 0 aliphatic carbocycles. The third kappa shape index (κ3) is 1.58. The molecule has 0 heterocycles. The van der Waals surface area contributed by atoms with Crippen LogP contribution in [0.5, 0.6) is 0 Å². The Morgan fingerprint density at radius 3 is 2.67 bits per heavy atom. The number of hydrogen-bond acceptors (Lipinski definition) is 1. The van der Waals surface area contributed by atoms with Crippen LogP contribution in [0.1, 0.15) is 15.9 Å². The number of halogens is 2. The van der Waals surface area contributed by atoms with Gasteiger partial charge in [-0.25, -0.2) is 13.6 Å². The molecule has 1 N–H and O–H groups in total. The maximum atomic E-state index is 12.6. The lowest BCUT2D eigenvalue weighted by Crippen LogP contribution is -1.98. The van der Waals surface area contributed by atoms with E-state index in [0.717, 1.165) is 18.2 Å². The Bertz CT molecular complexity index is 310. The summed E-state index contributed by atoms with van der Waals surface area (Å²) in [5, 5.41) is 8.45. The molecule has 64 valence electrons. The zero-order valence-electron chi connectivity index (χ0n) is 6.05. The predicted octanol–water partition coefficient (Wildman–Crippen LogP) is 1.99. The van der Waals surface area contributed by atoms with Crippen molar-refractivity contribution in [1.82, 2.24) is 0 Å². The fraction of sp³-hybridized carbons (Fsp3) is 0.125. The molecule has 1 aromatic carbocycles. The quantitative estimate of drug-likeness (QED) is 0.740. The van der Waals surface area contributed by atoms with Crippen LogP contribution in [-0.2, 0) is 6.67 Å². The van der Waals surface area contributed by atoms with E-state index >= 15 is 0 Å². The van der Waals surface area contributed by atoms with Gasteiger partial charge in [-0.1, -0.05) is 0 Å². The van der Waals surface area contributed by atoms with Crippen LogP contribution in [0.25, 0.3) is 0 Å². The first-order valence-electron chi connectivity index (χ1n) is 3.23. The fourth-order valence-electron chi connectivity index (χ4n) is 0.810. The van der Waals surface area contributed by atoms with E-state index in [1.165, 1.54) is 0 Å². The van der Waals surface area contributed by atoms with E-state index in [1.54, 1.807) is 0 Å². The summed E-state index contributed by atoms with van der Waals surface area (Å²) in [7, 11) is 0. The molecule has 1 aromatic rings. The average Bonchev–Trinajstić information content (AvgIpc) is 2.05. The lowest BCUT2D eigenvalue weighted by atomic mass is 10.1. The third-order valence-corrected chi connectivity index (χ3v) is 1.44. The topological polar surface area (TPSA) is 37.3 Å². The summed E-state index contributed by atoms with van der Waals surface area (Å²) >= 11 is 0. The maximum absolute atomic E-state index is 12.6. The van der Waals surface area contributed by atoms with Crippen LogP contribution < -0.4 is 0 Å². The molecule has 0 bridgehead atoms. The standard InChI is InChI=1S/C8H6F2O2/c9-4-6-3-5(8(11)12)1-2-7(6)10/h1-3H,4H2,(H,11,12). The SMILES string of the molecule is O=C(O)c1ccc(F)c(CF)c1. The summed E-state index contributed by atoms with van der Waals surface area (Å²) in [6.07, 6.45) is 0. The highest BCUT2D eigenvalue weighted by molar-refractivity contribution is 5.87. The summed E-state index contributed by atoms with van der Waals surface area (Å²) in [5.74, 6) is -1.91. The molecule has 0 atom stereocenters. The Labute approximate surface area is 67.4 Å². The van der Waals surface area contributed by atoms with Gasteiger partial charge in [0.2, 0.25) is 0 Å². The largest absolute Gasteiger partial charge is 0.478 e. The molecule has 2 nitrogen and oxygen atoms in total. The van der Waals surface area contributed by atoms with Crippen molar-refractivity contribution in [1.29, 1.82) is 0 Å². The van der Waals surface area contributed by atoms with E-state index in [-0.39, 0.29) is 11.1 Å². The van der Waals surface area contributed by atoms with Crippen molar-refractivity contribution in [2.24, 2.45) is 0 Å². The first-order valence-corrected chi connectivity index (χ1v) is 3.23. The Morgan fingerprint density at radius 2 is 2.17 bits per heavy atom.